The molecule has 1 aromatic rings. The van der Waals surface area contributed by atoms with Crippen molar-refractivity contribution in [3.05, 3.63) is 15.9 Å². The Morgan fingerprint density at radius 1 is 1.53 bits per heavy atom. The number of aliphatic carboxylic acids is 1. The van der Waals surface area contributed by atoms with Gasteiger partial charge in [0.05, 0.1) is 21.8 Å². The third kappa shape index (κ3) is 3.09. The van der Waals surface area contributed by atoms with Crippen molar-refractivity contribution in [1.29, 1.82) is 0 Å². The van der Waals surface area contributed by atoms with Crippen molar-refractivity contribution in [2.45, 2.75) is 40.7 Å². The largest absolute Gasteiger partial charge is 0.481 e. The predicted molar refractivity (Wildman–Crippen MR) is 70.0 cm³/mol. The van der Waals surface area contributed by atoms with Crippen LogP contribution in [0.1, 0.15) is 32.2 Å². The summed E-state index contributed by atoms with van der Waals surface area (Å²) in [6.07, 6.45) is 0.725. The minimum Gasteiger partial charge on any atom is -0.481 e. The van der Waals surface area contributed by atoms with Crippen molar-refractivity contribution in [3.8, 4) is 0 Å². The van der Waals surface area contributed by atoms with Gasteiger partial charge in [-0.1, -0.05) is 13.8 Å². The summed E-state index contributed by atoms with van der Waals surface area (Å²) in [5.74, 6) is -1.000. The molecule has 0 amide bonds. The smallest absolute Gasteiger partial charge is 0.306 e. The summed E-state index contributed by atoms with van der Waals surface area (Å²) >= 11 is 3.53. The number of hydrogen-bond acceptors (Lipinski definition) is 2. The third-order valence-corrected chi connectivity index (χ3v) is 4.24. The van der Waals surface area contributed by atoms with Crippen LogP contribution in [0.2, 0.25) is 0 Å². The number of aryl methyl sites for hydroxylation is 2. The zero-order valence-corrected chi connectivity index (χ0v) is 12.3. The Kier molecular flexibility index (Phi) is 4.74. The minimum atomic E-state index is -0.743. The molecule has 96 valence electrons. The molecule has 17 heavy (non-hydrogen) atoms. The quantitative estimate of drug-likeness (QED) is 0.910. The standard InChI is InChI=1S/C12H19BrN2O2/c1-5-15-10(11(13)9(4)14-15)6-7(2)8(3)12(16)17/h7-8H,5-6H2,1-4H3,(H,16,17). The van der Waals surface area contributed by atoms with E-state index in [-0.39, 0.29) is 11.8 Å². The van der Waals surface area contributed by atoms with E-state index in [1.807, 2.05) is 25.5 Å². The van der Waals surface area contributed by atoms with Crippen LogP contribution in [0.4, 0.5) is 0 Å². The molecule has 1 N–H and O–H groups in total. The zero-order chi connectivity index (χ0) is 13.2. The molecule has 0 radical (unpaired) electrons. The predicted octanol–water partition coefficient (Wildman–Crippen LogP) is 2.87. The lowest BCUT2D eigenvalue weighted by Crippen LogP contribution is -2.21. The van der Waals surface area contributed by atoms with Crippen LogP contribution in [-0.2, 0) is 17.8 Å². The first-order chi connectivity index (χ1) is 7.88. The molecule has 0 aliphatic carbocycles. The highest BCUT2D eigenvalue weighted by Gasteiger charge is 2.23. The average molecular weight is 303 g/mol. The second kappa shape index (κ2) is 5.67. The lowest BCUT2D eigenvalue weighted by Gasteiger charge is -2.16. The molecule has 4 nitrogen and oxygen atoms in total. The summed E-state index contributed by atoms with van der Waals surface area (Å²) in [6.45, 7) is 8.50. The lowest BCUT2D eigenvalue weighted by atomic mass is 9.91. The number of hydrogen-bond donors (Lipinski definition) is 1. The molecule has 2 unspecified atom stereocenters. The van der Waals surface area contributed by atoms with Crippen LogP contribution in [0.25, 0.3) is 0 Å². The first kappa shape index (κ1) is 14.2. The van der Waals surface area contributed by atoms with E-state index < -0.39 is 5.97 Å². The van der Waals surface area contributed by atoms with Crippen LogP contribution in [0.15, 0.2) is 4.47 Å². The van der Waals surface area contributed by atoms with Crippen LogP contribution < -0.4 is 0 Å². The molecular weight excluding hydrogens is 284 g/mol. The SMILES string of the molecule is CCn1nc(C)c(Br)c1CC(C)C(C)C(=O)O. The Labute approximate surface area is 110 Å². The number of nitrogens with zero attached hydrogens (tertiary/aromatic N) is 2. The summed E-state index contributed by atoms with van der Waals surface area (Å²) in [7, 11) is 0. The number of rotatable bonds is 5. The van der Waals surface area contributed by atoms with Crippen LogP contribution >= 0.6 is 15.9 Å². The van der Waals surface area contributed by atoms with E-state index >= 15 is 0 Å². The van der Waals surface area contributed by atoms with Gasteiger partial charge in [-0.15, -0.1) is 0 Å². The maximum Gasteiger partial charge on any atom is 0.306 e. The summed E-state index contributed by atoms with van der Waals surface area (Å²) in [4.78, 5) is 10.9. The van der Waals surface area contributed by atoms with Gasteiger partial charge in [-0.3, -0.25) is 9.48 Å². The van der Waals surface area contributed by atoms with Gasteiger partial charge in [-0.25, -0.2) is 0 Å². The topological polar surface area (TPSA) is 55.1 Å². The van der Waals surface area contributed by atoms with E-state index in [0.717, 1.165) is 28.8 Å². The molecule has 1 heterocycles. The number of carbonyl (C=O) groups is 1. The van der Waals surface area contributed by atoms with Crippen molar-refractivity contribution in [2.24, 2.45) is 11.8 Å². The van der Waals surface area contributed by atoms with Crippen molar-refractivity contribution in [3.63, 3.8) is 0 Å². The molecule has 2 atom stereocenters. The Balaban J connectivity index is 2.91. The van der Waals surface area contributed by atoms with Crippen molar-refractivity contribution in [1.82, 2.24) is 9.78 Å². The van der Waals surface area contributed by atoms with E-state index in [9.17, 15) is 4.79 Å². The first-order valence-corrected chi connectivity index (χ1v) is 6.62. The van der Waals surface area contributed by atoms with Gasteiger partial charge in [0.2, 0.25) is 0 Å². The highest BCUT2D eigenvalue weighted by atomic mass is 79.9. The minimum absolute atomic E-state index is 0.0881. The fourth-order valence-corrected chi connectivity index (χ4v) is 2.24. The average Bonchev–Trinajstić information content (AvgIpc) is 2.55. The molecular formula is C12H19BrN2O2. The normalized spacial score (nSPS) is 14.6. The summed E-state index contributed by atoms with van der Waals surface area (Å²) in [5.41, 5.74) is 2.04. The first-order valence-electron chi connectivity index (χ1n) is 5.83. The highest BCUT2D eigenvalue weighted by Crippen LogP contribution is 2.26. The van der Waals surface area contributed by atoms with E-state index in [4.69, 9.17) is 5.11 Å². The Morgan fingerprint density at radius 2 is 2.12 bits per heavy atom. The van der Waals surface area contributed by atoms with Gasteiger partial charge in [0, 0.05) is 6.54 Å². The zero-order valence-electron chi connectivity index (χ0n) is 10.7. The van der Waals surface area contributed by atoms with Crippen molar-refractivity contribution in [2.75, 3.05) is 0 Å². The molecule has 0 aliphatic rings. The Bertz CT molecular complexity index is 415. The lowest BCUT2D eigenvalue weighted by molar-refractivity contribution is -0.142. The molecule has 0 aliphatic heterocycles. The van der Waals surface area contributed by atoms with Gasteiger partial charge < -0.3 is 5.11 Å². The summed E-state index contributed by atoms with van der Waals surface area (Å²) in [6, 6.07) is 0. The van der Waals surface area contributed by atoms with Gasteiger partial charge in [0.1, 0.15) is 0 Å². The third-order valence-electron chi connectivity index (χ3n) is 3.21. The second-order valence-electron chi connectivity index (χ2n) is 4.47. The van der Waals surface area contributed by atoms with Gasteiger partial charge in [0.15, 0.2) is 0 Å². The van der Waals surface area contributed by atoms with E-state index in [1.54, 1.807) is 6.92 Å². The van der Waals surface area contributed by atoms with Crippen LogP contribution in [0.3, 0.4) is 0 Å². The monoisotopic (exact) mass is 302 g/mol. The second-order valence-corrected chi connectivity index (χ2v) is 5.26. The molecule has 0 spiro atoms. The number of aromatic nitrogens is 2. The molecule has 1 rings (SSSR count). The van der Waals surface area contributed by atoms with Crippen molar-refractivity contribution >= 4 is 21.9 Å². The molecule has 0 aromatic carbocycles. The fourth-order valence-electron chi connectivity index (χ4n) is 1.79. The van der Waals surface area contributed by atoms with Gasteiger partial charge in [-0.05, 0) is 42.1 Å². The maximum absolute atomic E-state index is 10.9. The van der Waals surface area contributed by atoms with Gasteiger partial charge >= 0.3 is 5.97 Å². The molecule has 0 bridgehead atoms. The number of carboxylic acid groups (broad SMARTS) is 1. The van der Waals surface area contributed by atoms with Crippen molar-refractivity contribution < 1.29 is 9.90 Å². The van der Waals surface area contributed by atoms with Gasteiger partial charge in [0.25, 0.3) is 0 Å². The van der Waals surface area contributed by atoms with Crippen LogP contribution in [-0.4, -0.2) is 20.9 Å². The van der Waals surface area contributed by atoms with Crippen LogP contribution in [0.5, 0.6) is 0 Å². The Morgan fingerprint density at radius 3 is 2.59 bits per heavy atom. The molecule has 1 aromatic heterocycles. The number of carboxylic acids is 1. The number of halogens is 1. The molecule has 0 fully saturated rings. The maximum atomic E-state index is 10.9. The van der Waals surface area contributed by atoms with Crippen LogP contribution in [0, 0.1) is 18.8 Å². The highest BCUT2D eigenvalue weighted by molar-refractivity contribution is 9.10. The van der Waals surface area contributed by atoms with E-state index in [1.165, 1.54) is 0 Å². The Hall–Kier alpha value is -0.840. The molecule has 0 saturated carbocycles. The summed E-state index contributed by atoms with van der Waals surface area (Å²) < 4.78 is 2.94. The van der Waals surface area contributed by atoms with Gasteiger partial charge in [-0.2, -0.15) is 5.10 Å². The fraction of sp³-hybridized carbons (Fsp3) is 0.667. The molecule has 0 saturated heterocycles. The van der Waals surface area contributed by atoms with E-state index in [2.05, 4.69) is 21.0 Å². The summed E-state index contributed by atoms with van der Waals surface area (Å²) in [5, 5.41) is 13.4. The van der Waals surface area contributed by atoms with E-state index in [0.29, 0.717) is 0 Å². The molecule has 5 heteroatoms.